The molecule has 4 N–H and O–H groups in total. The Bertz CT molecular complexity index is 706. The highest BCUT2D eigenvalue weighted by molar-refractivity contribution is 6.31. The summed E-state index contributed by atoms with van der Waals surface area (Å²) in [6.45, 7) is 1.93. The van der Waals surface area contributed by atoms with E-state index >= 15 is 0 Å². The van der Waals surface area contributed by atoms with Crippen molar-refractivity contribution in [2.75, 3.05) is 6.54 Å². The molecule has 0 aromatic carbocycles. The number of allylic oxidation sites excluding steroid dienone is 2. The van der Waals surface area contributed by atoms with Gasteiger partial charge in [-0.3, -0.25) is 19.8 Å². The monoisotopic (exact) mass is 317 g/mol. The summed E-state index contributed by atoms with van der Waals surface area (Å²) in [4.78, 5) is 23.9. The number of amides is 1. The van der Waals surface area contributed by atoms with Crippen LogP contribution in [0.15, 0.2) is 40.2 Å². The molecule has 1 aromatic heterocycles. The van der Waals surface area contributed by atoms with E-state index in [0.29, 0.717) is 16.4 Å². The molecule has 1 aromatic rings. The molecule has 0 spiro atoms. The number of aliphatic imine (C=N–C) groups is 2. The van der Waals surface area contributed by atoms with Crippen LogP contribution < -0.4 is 11.5 Å². The molecule has 7 heteroatoms. The molecule has 114 valence electrons. The van der Waals surface area contributed by atoms with Crippen LogP contribution in [0, 0.1) is 6.92 Å². The Kier molecular flexibility index (Phi) is 5.19. The van der Waals surface area contributed by atoms with E-state index in [1.165, 1.54) is 0 Å². The number of hydrogen-bond acceptors (Lipinski definition) is 5. The van der Waals surface area contributed by atoms with E-state index in [1.54, 1.807) is 30.8 Å². The Hall–Kier alpha value is -2.31. The molecule has 0 saturated heterocycles. The minimum atomic E-state index is -0.782. The fourth-order valence-corrected chi connectivity index (χ4v) is 2.00. The summed E-state index contributed by atoms with van der Waals surface area (Å²) in [6.07, 6.45) is 10.2. The maximum atomic E-state index is 11.3. The number of hydrogen-bond donors (Lipinski definition) is 2. The van der Waals surface area contributed by atoms with E-state index in [-0.39, 0.29) is 6.54 Å². The van der Waals surface area contributed by atoms with Crippen LogP contribution in [0.25, 0.3) is 6.08 Å². The van der Waals surface area contributed by atoms with Crippen LogP contribution in [0.2, 0.25) is 5.02 Å². The van der Waals surface area contributed by atoms with Crippen molar-refractivity contribution in [3.63, 3.8) is 0 Å². The van der Waals surface area contributed by atoms with Gasteiger partial charge in [-0.1, -0.05) is 11.6 Å². The maximum Gasteiger partial charge on any atom is 0.243 e. The van der Waals surface area contributed by atoms with Gasteiger partial charge in [-0.05, 0) is 36.3 Å². The number of dihydropyridines is 1. The summed E-state index contributed by atoms with van der Waals surface area (Å²) < 4.78 is 0. The van der Waals surface area contributed by atoms with Crippen molar-refractivity contribution >= 4 is 35.5 Å². The molecule has 6 nitrogen and oxygen atoms in total. The second-order valence-electron chi connectivity index (χ2n) is 4.67. The highest BCUT2D eigenvalue weighted by atomic mass is 35.5. The van der Waals surface area contributed by atoms with Gasteiger partial charge >= 0.3 is 0 Å². The molecule has 22 heavy (non-hydrogen) atoms. The predicted octanol–water partition coefficient (Wildman–Crippen LogP) is 1.28. The zero-order valence-corrected chi connectivity index (χ0v) is 12.8. The van der Waals surface area contributed by atoms with Crippen LogP contribution in [0.4, 0.5) is 0 Å². The van der Waals surface area contributed by atoms with E-state index < -0.39 is 11.9 Å². The maximum absolute atomic E-state index is 11.3. The Labute approximate surface area is 133 Å². The number of nitrogens with two attached hydrogens (primary N) is 2. The van der Waals surface area contributed by atoms with Crippen molar-refractivity contribution in [1.82, 2.24) is 4.98 Å². The van der Waals surface area contributed by atoms with Gasteiger partial charge in [-0.25, -0.2) is 0 Å². The van der Waals surface area contributed by atoms with Crippen LogP contribution in [-0.2, 0) is 4.79 Å². The number of carbonyl (C=O) groups excluding carboxylic acids is 1. The van der Waals surface area contributed by atoms with Crippen molar-refractivity contribution in [2.45, 2.75) is 13.0 Å². The van der Waals surface area contributed by atoms with Crippen LogP contribution in [0.3, 0.4) is 0 Å². The lowest BCUT2D eigenvalue weighted by Crippen LogP contribution is -2.34. The summed E-state index contributed by atoms with van der Waals surface area (Å²) >= 11 is 6.06. The van der Waals surface area contributed by atoms with Gasteiger partial charge in [0.1, 0.15) is 6.04 Å². The number of rotatable bonds is 4. The van der Waals surface area contributed by atoms with Gasteiger partial charge in [0.15, 0.2) is 0 Å². The number of carbonyl (C=O) groups is 1. The molecule has 1 unspecified atom stereocenters. The van der Waals surface area contributed by atoms with Crippen LogP contribution in [0.1, 0.15) is 11.1 Å². The zero-order chi connectivity index (χ0) is 16.1. The molecule has 1 aliphatic heterocycles. The molecule has 1 aliphatic rings. The number of halogens is 1. The number of pyridine rings is 1. The normalized spacial score (nSPS) is 18.9. The third kappa shape index (κ3) is 3.66. The molecule has 0 fully saturated rings. The second kappa shape index (κ2) is 7.11. The number of nitrogens with zero attached hydrogens (tertiary/aromatic N) is 3. The minimum Gasteiger partial charge on any atom is -0.368 e. The topological polar surface area (TPSA) is 107 Å². The average Bonchev–Trinajstić information content (AvgIpc) is 2.50. The highest BCUT2D eigenvalue weighted by Crippen LogP contribution is 2.21. The van der Waals surface area contributed by atoms with Gasteiger partial charge in [0.2, 0.25) is 5.91 Å². The quantitative estimate of drug-likeness (QED) is 0.873. The molecular weight excluding hydrogens is 302 g/mol. The predicted molar refractivity (Wildman–Crippen MR) is 89.1 cm³/mol. The van der Waals surface area contributed by atoms with Crippen molar-refractivity contribution in [1.29, 1.82) is 0 Å². The van der Waals surface area contributed by atoms with Crippen molar-refractivity contribution in [3.05, 3.63) is 46.4 Å². The van der Waals surface area contributed by atoms with Crippen LogP contribution >= 0.6 is 11.6 Å². The van der Waals surface area contributed by atoms with Crippen molar-refractivity contribution < 1.29 is 4.79 Å². The van der Waals surface area contributed by atoms with Crippen LogP contribution in [-0.4, -0.2) is 35.4 Å². The van der Waals surface area contributed by atoms with Gasteiger partial charge in [-0.15, -0.1) is 0 Å². The summed E-state index contributed by atoms with van der Waals surface area (Å²) in [5, 5.41) is 0.570. The lowest BCUT2D eigenvalue weighted by atomic mass is 10.1. The Morgan fingerprint density at radius 1 is 1.50 bits per heavy atom. The van der Waals surface area contributed by atoms with Gasteiger partial charge < -0.3 is 11.5 Å². The Morgan fingerprint density at radius 2 is 2.27 bits per heavy atom. The first-order valence-corrected chi connectivity index (χ1v) is 7.00. The van der Waals surface area contributed by atoms with E-state index in [4.69, 9.17) is 23.1 Å². The lowest BCUT2D eigenvalue weighted by molar-refractivity contribution is -0.118. The zero-order valence-electron chi connectivity index (χ0n) is 12.0. The first-order valence-electron chi connectivity index (χ1n) is 6.63. The molecule has 0 aliphatic carbocycles. The van der Waals surface area contributed by atoms with E-state index in [2.05, 4.69) is 15.0 Å². The number of primary amides is 1. The van der Waals surface area contributed by atoms with Crippen molar-refractivity contribution in [3.8, 4) is 0 Å². The smallest absolute Gasteiger partial charge is 0.243 e. The summed E-state index contributed by atoms with van der Waals surface area (Å²) in [7, 11) is 0. The lowest BCUT2D eigenvalue weighted by Gasteiger charge is -2.11. The third-order valence-electron chi connectivity index (χ3n) is 3.15. The first kappa shape index (κ1) is 16.1. The molecule has 0 radical (unpaired) electrons. The van der Waals surface area contributed by atoms with E-state index in [0.717, 1.165) is 11.1 Å². The second-order valence-corrected chi connectivity index (χ2v) is 5.08. The van der Waals surface area contributed by atoms with Crippen molar-refractivity contribution in [2.24, 2.45) is 21.5 Å². The fourth-order valence-electron chi connectivity index (χ4n) is 1.84. The number of aromatic nitrogens is 1. The molecule has 2 rings (SSSR count). The molecule has 0 saturated carbocycles. The van der Waals surface area contributed by atoms with Gasteiger partial charge in [0.25, 0.3) is 0 Å². The summed E-state index contributed by atoms with van der Waals surface area (Å²) in [6, 6.07) is -0.782. The third-order valence-corrected chi connectivity index (χ3v) is 3.53. The van der Waals surface area contributed by atoms with Gasteiger partial charge in [0.05, 0.1) is 16.4 Å². The van der Waals surface area contributed by atoms with Gasteiger partial charge in [-0.2, -0.15) is 0 Å². The van der Waals surface area contributed by atoms with E-state index in [1.807, 2.05) is 13.0 Å². The summed E-state index contributed by atoms with van der Waals surface area (Å²) in [5.74, 6) is -0.571. The molecule has 2 heterocycles. The molecule has 1 amide bonds. The Morgan fingerprint density at radius 3 is 2.95 bits per heavy atom. The first-order chi connectivity index (χ1) is 10.5. The van der Waals surface area contributed by atoms with E-state index in [9.17, 15) is 4.79 Å². The standard InChI is InChI=1S/C15H16ClN5O/c1-9-10(7-19-8-11(9)16)5-13-12(3-2-4-20-13)21-14(6-17)15(18)22/h2-5,7-8,14H,6,17H2,1H3,(H2,18,22)/b13-5-,21-12?. The van der Waals surface area contributed by atoms with Crippen LogP contribution in [0.5, 0.6) is 0 Å². The summed E-state index contributed by atoms with van der Waals surface area (Å²) in [5.41, 5.74) is 13.6. The largest absolute Gasteiger partial charge is 0.368 e. The molecule has 0 bridgehead atoms. The molecular formula is C15H16ClN5O. The fraction of sp³-hybridized carbons (Fsp3) is 0.200. The minimum absolute atomic E-state index is 0.0431. The Balaban J connectivity index is 2.43. The average molecular weight is 318 g/mol. The molecule has 1 atom stereocenters. The highest BCUT2D eigenvalue weighted by Gasteiger charge is 2.15. The SMILES string of the molecule is Cc1c(Cl)cncc1/C=C1\N=CC=CC1=NC(CN)C(N)=O. The van der Waals surface area contributed by atoms with Gasteiger partial charge in [0, 0.05) is 25.2 Å².